The van der Waals surface area contributed by atoms with Crippen LogP contribution in [0.4, 0.5) is 0 Å². The van der Waals surface area contributed by atoms with Crippen LogP contribution in [0.3, 0.4) is 0 Å². The van der Waals surface area contributed by atoms with Gasteiger partial charge in [0.2, 0.25) is 5.88 Å². The van der Waals surface area contributed by atoms with E-state index >= 15 is 0 Å². The van der Waals surface area contributed by atoms with Crippen molar-refractivity contribution in [2.75, 3.05) is 6.61 Å². The van der Waals surface area contributed by atoms with Crippen LogP contribution in [0.15, 0.2) is 42.7 Å². The second-order valence-corrected chi connectivity index (χ2v) is 4.11. The average Bonchev–Trinajstić information content (AvgIpc) is 2.40. The number of pyridine rings is 2. The fourth-order valence-corrected chi connectivity index (χ4v) is 1.67. The molecule has 4 heteroatoms. The SMILES string of the molecule is CC(N)c1cccnc1OCCc1ccccn1. The molecule has 0 fully saturated rings. The van der Waals surface area contributed by atoms with Crippen molar-refractivity contribution in [3.8, 4) is 5.88 Å². The maximum atomic E-state index is 5.87. The molecule has 94 valence electrons. The van der Waals surface area contributed by atoms with E-state index in [-0.39, 0.29) is 6.04 Å². The number of hydrogen-bond acceptors (Lipinski definition) is 4. The molecule has 1 atom stereocenters. The largest absolute Gasteiger partial charge is 0.477 e. The predicted molar refractivity (Wildman–Crippen MR) is 70.3 cm³/mol. The molecule has 4 nitrogen and oxygen atoms in total. The minimum atomic E-state index is -0.0800. The lowest BCUT2D eigenvalue weighted by molar-refractivity contribution is 0.303. The summed E-state index contributed by atoms with van der Waals surface area (Å²) in [4.78, 5) is 8.45. The summed E-state index contributed by atoms with van der Waals surface area (Å²) in [6.07, 6.45) is 4.25. The molecule has 2 N–H and O–H groups in total. The van der Waals surface area contributed by atoms with E-state index in [4.69, 9.17) is 10.5 Å². The summed E-state index contributed by atoms with van der Waals surface area (Å²) in [5.41, 5.74) is 7.80. The van der Waals surface area contributed by atoms with Crippen molar-refractivity contribution < 1.29 is 4.74 Å². The van der Waals surface area contributed by atoms with Crippen LogP contribution in [0.5, 0.6) is 5.88 Å². The first-order valence-electron chi connectivity index (χ1n) is 6.00. The van der Waals surface area contributed by atoms with E-state index in [1.165, 1.54) is 0 Å². The van der Waals surface area contributed by atoms with Gasteiger partial charge >= 0.3 is 0 Å². The Labute approximate surface area is 107 Å². The minimum absolute atomic E-state index is 0.0800. The molecule has 0 saturated heterocycles. The first kappa shape index (κ1) is 12.5. The molecule has 2 heterocycles. The molecule has 0 saturated carbocycles. The zero-order valence-electron chi connectivity index (χ0n) is 10.4. The van der Waals surface area contributed by atoms with Crippen LogP contribution in [0, 0.1) is 0 Å². The number of nitrogens with two attached hydrogens (primary N) is 1. The zero-order chi connectivity index (χ0) is 12.8. The normalized spacial score (nSPS) is 12.1. The molecule has 0 aliphatic heterocycles. The van der Waals surface area contributed by atoms with Crippen LogP contribution in [-0.4, -0.2) is 16.6 Å². The first-order chi connectivity index (χ1) is 8.77. The van der Waals surface area contributed by atoms with Gasteiger partial charge in [-0.15, -0.1) is 0 Å². The molecule has 1 unspecified atom stereocenters. The maximum absolute atomic E-state index is 5.87. The van der Waals surface area contributed by atoms with Crippen molar-refractivity contribution in [3.05, 3.63) is 54.0 Å². The average molecular weight is 243 g/mol. The second-order valence-electron chi connectivity index (χ2n) is 4.11. The molecule has 0 amide bonds. The van der Waals surface area contributed by atoms with Crippen LogP contribution in [0.25, 0.3) is 0 Å². The summed E-state index contributed by atoms with van der Waals surface area (Å²) in [6.45, 7) is 2.47. The molecular weight excluding hydrogens is 226 g/mol. The molecule has 2 aromatic rings. The Bertz CT molecular complexity index is 485. The number of ether oxygens (including phenoxy) is 1. The molecule has 0 aliphatic carbocycles. The van der Waals surface area contributed by atoms with E-state index in [1.54, 1.807) is 12.4 Å². The molecule has 18 heavy (non-hydrogen) atoms. The van der Waals surface area contributed by atoms with Crippen molar-refractivity contribution in [2.24, 2.45) is 5.73 Å². The monoisotopic (exact) mass is 243 g/mol. The fraction of sp³-hybridized carbons (Fsp3) is 0.286. The molecule has 2 aromatic heterocycles. The Kier molecular flexibility index (Phi) is 4.25. The zero-order valence-corrected chi connectivity index (χ0v) is 10.4. The van der Waals surface area contributed by atoms with Gasteiger partial charge in [-0.05, 0) is 25.1 Å². The van der Waals surface area contributed by atoms with Crippen molar-refractivity contribution in [1.82, 2.24) is 9.97 Å². The highest BCUT2D eigenvalue weighted by molar-refractivity contribution is 5.28. The summed E-state index contributed by atoms with van der Waals surface area (Å²) in [5, 5.41) is 0. The highest BCUT2D eigenvalue weighted by Gasteiger charge is 2.08. The lowest BCUT2D eigenvalue weighted by Gasteiger charge is -2.12. The van der Waals surface area contributed by atoms with Gasteiger partial charge in [-0.2, -0.15) is 0 Å². The van der Waals surface area contributed by atoms with E-state index in [9.17, 15) is 0 Å². The van der Waals surface area contributed by atoms with Crippen molar-refractivity contribution in [3.63, 3.8) is 0 Å². The molecule has 0 bridgehead atoms. The van der Waals surface area contributed by atoms with Gasteiger partial charge in [-0.3, -0.25) is 4.98 Å². The number of rotatable bonds is 5. The summed E-state index contributed by atoms with van der Waals surface area (Å²) in [7, 11) is 0. The summed E-state index contributed by atoms with van der Waals surface area (Å²) in [6, 6.07) is 9.57. The quantitative estimate of drug-likeness (QED) is 0.873. The van der Waals surface area contributed by atoms with Crippen LogP contribution in [-0.2, 0) is 6.42 Å². The van der Waals surface area contributed by atoms with Gasteiger partial charge < -0.3 is 10.5 Å². The van der Waals surface area contributed by atoms with E-state index in [1.807, 2.05) is 37.3 Å². The second kappa shape index (κ2) is 6.12. The van der Waals surface area contributed by atoms with E-state index < -0.39 is 0 Å². The maximum Gasteiger partial charge on any atom is 0.218 e. The highest BCUT2D eigenvalue weighted by Crippen LogP contribution is 2.20. The van der Waals surface area contributed by atoms with Gasteiger partial charge in [0, 0.05) is 36.1 Å². The fourth-order valence-electron chi connectivity index (χ4n) is 1.67. The topological polar surface area (TPSA) is 61.0 Å². The Hall–Kier alpha value is -1.94. The van der Waals surface area contributed by atoms with Crippen LogP contribution < -0.4 is 10.5 Å². The Morgan fingerprint density at radius 1 is 1.17 bits per heavy atom. The van der Waals surface area contributed by atoms with E-state index in [2.05, 4.69) is 9.97 Å². The third-order valence-electron chi connectivity index (χ3n) is 2.61. The van der Waals surface area contributed by atoms with Crippen molar-refractivity contribution in [1.29, 1.82) is 0 Å². The third kappa shape index (κ3) is 3.28. The van der Waals surface area contributed by atoms with Crippen LogP contribution in [0.2, 0.25) is 0 Å². The third-order valence-corrected chi connectivity index (χ3v) is 2.61. The predicted octanol–water partition coefficient (Wildman–Crippen LogP) is 2.12. The van der Waals surface area contributed by atoms with Crippen LogP contribution in [0.1, 0.15) is 24.2 Å². The molecule has 2 rings (SSSR count). The van der Waals surface area contributed by atoms with Gasteiger partial charge in [0.15, 0.2) is 0 Å². The standard InChI is InChI=1S/C14H17N3O/c1-11(15)13-6-4-9-17-14(13)18-10-7-12-5-2-3-8-16-12/h2-6,8-9,11H,7,10,15H2,1H3. The number of nitrogens with zero attached hydrogens (tertiary/aromatic N) is 2. The Morgan fingerprint density at radius 3 is 2.72 bits per heavy atom. The summed E-state index contributed by atoms with van der Waals surface area (Å²) in [5.74, 6) is 0.614. The van der Waals surface area contributed by atoms with Crippen molar-refractivity contribution >= 4 is 0 Å². The van der Waals surface area contributed by atoms with Gasteiger partial charge in [-0.1, -0.05) is 12.1 Å². The molecule has 0 aromatic carbocycles. The van der Waals surface area contributed by atoms with Gasteiger partial charge in [-0.25, -0.2) is 4.98 Å². The Balaban J connectivity index is 1.94. The number of aromatic nitrogens is 2. The van der Waals surface area contributed by atoms with Gasteiger partial charge in [0.1, 0.15) is 0 Å². The number of hydrogen-bond donors (Lipinski definition) is 1. The highest BCUT2D eigenvalue weighted by atomic mass is 16.5. The Morgan fingerprint density at radius 2 is 2.00 bits per heavy atom. The molecular formula is C14H17N3O. The molecule has 0 spiro atoms. The van der Waals surface area contributed by atoms with Gasteiger partial charge in [0.25, 0.3) is 0 Å². The first-order valence-corrected chi connectivity index (χ1v) is 6.00. The summed E-state index contributed by atoms with van der Waals surface area (Å²) >= 11 is 0. The molecule has 0 aliphatic rings. The van der Waals surface area contributed by atoms with E-state index in [0.29, 0.717) is 12.5 Å². The van der Waals surface area contributed by atoms with Gasteiger partial charge in [0.05, 0.1) is 6.61 Å². The summed E-state index contributed by atoms with van der Waals surface area (Å²) < 4.78 is 5.67. The van der Waals surface area contributed by atoms with Crippen LogP contribution >= 0.6 is 0 Å². The smallest absolute Gasteiger partial charge is 0.218 e. The minimum Gasteiger partial charge on any atom is -0.477 e. The van der Waals surface area contributed by atoms with E-state index in [0.717, 1.165) is 17.7 Å². The lowest BCUT2D eigenvalue weighted by atomic mass is 10.1. The lowest BCUT2D eigenvalue weighted by Crippen LogP contribution is -2.11. The van der Waals surface area contributed by atoms with Crippen molar-refractivity contribution in [2.45, 2.75) is 19.4 Å². The molecule has 0 radical (unpaired) electrons.